The summed E-state index contributed by atoms with van der Waals surface area (Å²) in [6.07, 6.45) is 7.64. The monoisotopic (exact) mass is 152 g/mol. The number of aromatic nitrogens is 3. The van der Waals surface area contributed by atoms with Crippen molar-refractivity contribution in [1.29, 1.82) is 0 Å². The first kappa shape index (κ1) is 5.68. The summed E-state index contributed by atoms with van der Waals surface area (Å²) in [6, 6.07) is 0. The summed E-state index contributed by atoms with van der Waals surface area (Å²) in [6.45, 7) is 0. The Morgan fingerprint density at radius 3 is 3.30 bits per heavy atom. The van der Waals surface area contributed by atoms with Crippen molar-refractivity contribution in [3.8, 4) is 0 Å². The van der Waals surface area contributed by atoms with Gasteiger partial charge in [-0.15, -0.1) is 0 Å². The average molecular weight is 153 g/mol. The Labute approximate surface area is 62.3 Å². The van der Waals surface area contributed by atoms with Crippen molar-refractivity contribution in [2.75, 3.05) is 0 Å². The van der Waals surface area contributed by atoms with E-state index >= 15 is 0 Å². The smallest absolute Gasteiger partial charge is 0.157 e. The minimum Gasteiger partial charge on any atom is -0.302 e. The molecule has 10 heavy (non-hydrogen) atoms. The third-order valence-electron chi connectivity index (χ3n) is 1.18. The van der Waals surface area contributed by atoms with Crippen LogP contribution in [0.5, 0.6) is 0 Å². The summed E-state index contributed by atoms with van der Waals surface area (Å²) in [4.78, 5) is 7.72. The van der Waals surface area contributed by atoms with Gasteiger partial charge < -0.3 is 4.40 Å². The van der Waals surface area contributed by atoms with Crippen molar-refractivity contribution in [3.05, 3.63) is 29.9 Å². The van der Waals surface area contributed by atoms with Gasteiger partial charge in [-0.3, -0.25) is 0 Å². The van der Waals surface area contributed by atoms with Gasteiger partial charge >= 0.3 is 0 Å². The zero-order chi connectivity index (χ0) is 6.97. The summed E-state index contributed by atoms with van der Waals surface area (Å²) in [5.41, 5.74) is 0.740. The molecule has 1 radical (unpaired) electrons. The van der Waals surface area contributed by atoms with Crippen molar-refractivity contribution in [2.24, 2.45) is 0 Å². The van der Waals surface area contributed by atoms with Gasteiger partial charge in [0.05, 0.1) is 6.20 Å². The molecule has 0 saturated heterocycles. The Bertz CT molecular complexity index is 322. The molecule has 0 saturated carbocycles. The molecule has 2 aromatic rings. The molecule has 49 valence electrons. The second kappa shape index (κ2) is 1.95. The van der Waals surface area contributed by atoms with Gasteiger partial charge in [0, 0.05) is 12.4 Å². The van der Waals surface area contributed by atoms with E-state index in [1.54, 1.807) is 23.0 Å². The summed E-state index contributed by atoms with van der Waals surface area (Å²) in [5.74, 6) is 0. The molecule has 0 atom stereocenters. The Morgan fingerprint density at radius 2 is 2.50 bits per heavy atom. The van der Waals surface area contributed by atoms with Crippen LogP contribution in [0.4, 0.5) is 0 Å². The topological polar surface area (TPSA) is 30.2 Å². The maximum Gasteiger partial charge on any atom is 0.157 e. The minimum absolute atomic E-state index is 0.474. The molecule has 0 N–H and O–H groups in total. The standard InChI is InChI=1S/C6H3ClN3/c7-5-4-10-2-1-8-3-6(10)9-5/h2-4H. The maximum atomic E-state index is 5.61. The molecule has 0 aliphatic rings. The lowest BCUT2D eigenvalue weighted by atomic mass is 10.7. The van der Waals surface area contributed by atoms with Crippen LogP contribution in [0.1, 0.15) is 0 Å². The first-order valence-corrected chi connectivity index (χ1v) is 3.10. The van der Waals surface area contributed by atoms with Crippen LogP contribution in [-0.4, -0.2) is 14.4 Å². The molecule has 2 aromatic heterocycles. The maximum absolute atomic E-state index is 5.61. The van der Waals surface area contributed by atoms with Gasteiger partial charge in [-0.05, 0) is 0 Å². The van der Waals surface area contributed by atoms with Crippen molar-refractivity contribution >= 4 is 17.2 Å². The number of hydrogen-bond acceptors (Lipinski definition) is 2. The Morgan fingerprint density at radius 1 is 1.60 bits per heavy atom. The highest BCUT2D eigenvalue weighted by Crippen LogP contribution is 2.06. The number of imidazole rings is 1. The van der Waals surface area contributed by atoms with E-state index in [0.29, 0.717) is 5.15 Å². The van der Waals surface area contributed by atoms with Crippen LogP contribution in [0.3, 0.4) is 0 Å². The summed E-state index contributed by atoms with van der Waals surface area (Å²) in [5, 5.41) is 0.474. The van der Waals surface area contributed by atoms with E-state index in [4.69, 9.17) is 11.6 Å². The molecule has 0 aliphatic heterocycles. The predicted molar refractivity (Wildman–Crippen MR) is 36.8 cm³/mol. The fourth-order valence-corrected chi connectivity index (χ4v) is 0.958. The zero-order valence-electron chi connectivity index (χ0n) is 4.95. The van der Waals surface area contributed by atoms with Crippen LogP contribution >= 0.6 is 11.6 Å². The van der Waals surface area contributed by atoms with E-state index in [9.17, 15) is 0 Å². The largest absolute Gasteiger partial charge is 0.302 e. The molecule has 0 fully saturated rings. The quantitative estimate of drug-likeness (QED) is 0.568. The van der Waals surface area contributed by atoms with Crippen LogP contribution in [0.2, 0.25) is 5.15 Å². The molecule has 0 bridgehead atoms. The number of nitrogens with zero attached hydrogens (tertiary/aromatic N) is 3. The Balaban J connectivity index is 2.88. The molecular formula is C6H3ClN3. The Hall–Kier alpha value is -1.09. The highest BCUT2D eigenvalue weighted by molar-refractivity contribution is 6.29. The molecule has 3 nitrogen and oxygen atoms in total. The van der Waals surface area contributed by atoms with Gasteiger partial charge in [0.25, 0.3) is 0 Å². The van der Waals surface area contributed by atoms with Crippen LogP contribution in [0.25, 0.3) is 5.65 Å². The molecular weight excluding hydrogens is 150 g/mol. The third-order valence-corrected chi connectivity index (χ3v) is 1.36. The lowest BCUT2D eigenvalue weighted by Crippen LogP contribution is -1.81. The SMILES string of the molecule is Clc1cn2c[c]ncc2n1. The fourth-order valence-electron chi connectivity index (χ4n) is 0.766. The van der Waals surface area contributed by atoms with Gasteiger partial charge in [-0.2, -0.15) is 0 Å². The van der Waals surface area contributed by atoms with Crippen molar-refractivity contribution in [2.45, 2.75) is 0 Å². The van der Waals surface area contributed by atoms with E-state index in [1.165, 1.54) is 0 Å². The molecule has 2 rings (SSSR count). The van der Waals surface area contributed by atoms with Crippen LogP contribution in [0.15, 0.2) is 18.6 Å². The second-order valence-electron chi connectivity index (χ2n) is 1.85. The normalized spacial score (nSPS) is 10.5. The van der Waals surface area contributed by atoms with Gasteiger partial charge in [0.15, 0.2) is 5.65 Å². The number of hydrogen-bond donors (Lipinski definition) is 0. The first-order valence-electron chi connectivity index (χ1n) is 2.72. The second-order valence-corrected chi connectivity index (χ2v) is 2.23. The van der Waals surface area contributed by atoms with Crippen LogP contribution in [0, 0.1) is 6.20 Å². The summed E-state index contributed by atoms with van der Waals surface area (Å²) < 4.78 is 1.76. The molecule has 0 unspecified atom stereocenters. The van der Waals surface area contributed by atoms with Gasteiger partial charge in [-0.1, -0.05) is 11.6 Å². The molecule has 4 heteroatoms. The van der Waals surface area contributed by atoms with Gasteiger partial charge in [-0.25, -0.2) is 9.97 Å². The van der Waals surface area contributed by atoms with Gasteiger partial charge in [0.1, 0.15) is 11.3 Å². The van der Waals surface area contributed by atoms with Crippen molar-refractivity contribution < 1.29 is 0 Å². The van der Waals surface area contributed by atoms with Crippen molar-refractivity contribution in [3.63, 3.8) is 0 Å². The van der Waals surface area contributed by atoms with E-state index in [1.807, 2.05) is 0 Å². The predicted octanol–water partition coefficient (Wildman–Crippen LogP) is 1.18. The van der Waals surface area contributed by atoms with Crippen molar-refractivity contribution in [1.82, 2.24) is 14.4 Å². The van der Waals surface area contributed by atoms with E-state index in [0.717, 1.165) is 5.65 Å². The fraction of sp³-hybridized carbons (Fsp3) is 0. The zero-order valence-corrected chi connectivity index (χ0v) is 5.71. The molecule has 0 aromatic carbocycles. The highest BCUT2D eigenvalue weighted by Gasteiger charge is 1.95. The van der Waals surface area contributed by atoms with Gasteiger partial charge in [0.2, 0.25) is 0 Å². The lowest BCUT2D eigenvalue weighted by molar-refractivity contribution is 1.12. The third kappa shape index (κ3) is 0.752. The lowest BCUT2D eigenvalue weighted by Gasteiger charge is -1.85. The van der Waals surface area contributed by atoms with E-state index in [-0.39, 0.29) is 0 Å². The van der Waals surface area contributed by atoms with E-state index in [2.05, 4.69) is 16.2 Å². The van der Waals surface area contributed by atoms with E-state index < -0.39 is 0 Å². The first-order chi connectivity index (χ1) is 4.86. The summed E-state index contributed by atoms with van der Waals surface area (Å²) in [7, 11) is 0. The molecule has 0 aliphatic carbocycles. The van der Waals surface area contributed by atoms with Crippen LogP contribution in [-0.2, 0) is 0 Å². The highest BCUT2D eigenvalue weighted by atomic mass is 35.5. The molecule has 2 heterocycles. The summed E-state index contributed by atoms with van der Waals surface area (Å²) >= 11 is 5.61. The number of halogens is 1. The average Bonchev–Trinajstić information content (AvgIpc) is 2.27. The molecule has 0 amide bonds. The number of rotatable bonds is 0. The number of fused-ring (bicyclic) bond motifs is 1. The Kier molecular flexibility index (Phi) is 1.11. The van der Waals surface area contributed by atoms with Crippen LogP contribution < -0.4 is 0 Å². The molecule has 0 spiro atoms. The minimum atomic E-state index is 0.474.